The Morgan fingerprint density at radius 2 is 1.72 bits per heavy atom. The molecular weight excluding hydrogens is 422 g/mol. The van der Waals surface area contributed by atoms with E-state index in [1.807, 2.05) is 56.1 Å². The minimum atomic E-state index is -0.233. The van der Waals surface area contributed by atoms with Crippen LogP contribution in [0.15, 0.2) is 53.4 Å². The van der Waals surface area contributed by atoms with E-state index in [2.05, 4.69) is 29.4 Å². The number of methoxy groups -OCH3 is 1. The van der Waals surface area contributed by atoms with Gasteiger partial charge in [0.25, 0.3) is 5.91 Å². The molecule has 7 heteroatoms. The number of benzene rings is 2. The van der Waals surface area contributed by atoms with Crippen molar-refractivity contribution in [3.8, 4) is 5.69 Å². The van der Waals surface area contributed by atoms with Crippen LogP contribution in [0, 0.1) is 13.8 Å². The highest BCUT2D eigenvalue weighted by molar-refractivity contribution is 7.98. The number of hydrogen-bond acceptors (Lipinski definition) is 5. The maximum atomic E-state index is 12.9. The van der Waals surface area contributed by atoms with Crippen LogP contribution in [0.25, 0.3) is 5.69 Å². The lowest BCUT2D eigenvalue weighted by atomic mass is 10.1. The first kappa shape index (κ1) is 23.6. The lowest BCUT2D eigenvalue weighted by Gasteiger charge is -2.18. The molecule has 1 amide bonds. The van der Waals surface area contributed by atoms with E-state index in [0.717, 1.165) is 28.2 Å². The summed E-state index contributed by atoms with van der Waals surface area (Å²) in [5.41, 5.74) is 5.52. The molecule has 0 bridgehead atoms. The van der Waals surface area contributed by atoms with Gasteiger partial charge in [0.05, 0.1) is 18.5 Å². The molecule has 0 saturated carbocycles. The molecule has 2 aromatic carbocycles. The monoisotopic (exact) mass is 451 g/mol. The Kier molecular flexibility index (Phi) is 7.75. The maximum absolute atomic E-state index is 12.9. The molecule has 6 nitrogen and oxygen atoms in total. The fraction of sp³-hybridized carbons (Fsp3) is 0.320. The average molecular weight is 452 g/mol. The van der Waals surface area contributed by atoms with Crippen molar-refractivity contribution in [2.75, 3.05) is 20.4 Å². The lowest BCUT2D eigenvalue weighted by molar-refractivity contribution is -0.140. The van der Waals surface area contributed by atoms with E-state index in [4.69, 9.17) is 4.74 Å². The third kappa shape index (κ3) is 5.40. The summed E-state index contributed by atoms with van der Waals surface area (Å²) in [6.45, 7) is 4.48. The van der Waals surface area contributed by atoms with Gasteiger partial charge >= 0.3 is 5.97 Å². The molecule has 1 aromatic heterocycles. The van der Waals surface area contributed by atoms with Gasteiger partial charge < -0.3 is 9.64 Å². The number of carbonyl (C=O) groups excluding carboxylic acids is 2. The Morgan fingerprint density at radius 3 is 2.31 bits per heavy atom. The predicted octanol–water partition coefficient (Wildman–Crippen LogP) is 4.59. The number of carbonyl (C=O) groups is 2. The Morgan fingerprint density at radius 1 is 1.06 bits per heavy atom. The van der Waals surface area contributed by atoms with Crippen LogP contribution in [0.1, 0.15) is 39.3 Å². The fourth-order valence-corrected chi connectivity index (χ4v) is 4.07. The van der Waals surface area contributed by atoms with Gasteiger partial charge in [-0.1, -0.05) is 12.1 Å². The molecular formula is C25H29N3O3S. The normalized spacial score (nSPS) is 10.8. The van der Waals surface area contributed by atoms with E-state index < -0.39 is 0 Å². The quantitative estimate of drug-likeness (QED) is 0.370. The Balaban J connectivity index is 1.71. The molecule has 0 aliphatic carbocycles. The van der Waals surface area contributed by atoms with Crippen LogP contribution in [0.5, 0.6) is 0 Å². The van der Waals surface area contributed by atoms with Gasteiger partial charge in [0.2, 0.25) is 0 Å². The number of nitrogens with zero attached hydrogens (tertiary/aromatic N) is 3. The number of rotatable bonds is 8. The van der Waals surface area contributed by atoms with Gasteiger partial charge in [-0.15, -0.1) is 11.8 Å². The smallest absolute Gasteiger partial charge is 0.305 e. The van der Waals surface area contributed by atoms with Crippen molar-refractivity contribution < 1.29 is 14.3 Å². The van der Waals surface area contributed by atoms with Crippen molar-refractivity contribution in [1.82, 2.24) is 14.7 Å². The van der Waals surface area contributed by atoms with Crippen LogP contribution in [0.4, 0.5) is 0 Å². The highest BCUT2D eigenvalue weighted by Gasteiger charge is 2.16. The van der Waals surface area contributed by atoms with Gasteiger partial charge in [0, 0.05) is 36.2 Å². The number of ether oxygens (including phenoxy) is 1. The van der Waals surface area contributed by atoms with Gasteiger partial charge in [-0.25, -0.2) is 4.68 Å². The summed E-state index contributed by atoms with van der Waals surface area (Å²) in [4.78, 5) is 27.3. The Hall–Kier alpha value is -3.06. The topological polar surface area (TPSA) is 64.4 Å². The summed E-state index contributed by atoms with van der Waals surface area (Å²) in [5.74, 6) is -0.263. The first-order valence-corrected chi connectivity index (χ1v) is 11.7. The molecule has 3 aromatic rings. The number of amides is 1. The number of thioether (sulfide) groups is 1. The molecule has 168 valence electrons. The molecule has 0 saturated heterocycles. The van der Waals surface area contributed by atoms with Crippen molar-refractivity contribution >= 4 is 23.6 Å². The molecule has 0 aliphatic heterocycles. The zero-order valence-corrected chi connectivity index (χ0v) is 20.0. The first-order valence-electron chi connectivity index (χ1n) is 10.4. The molecule has 0 fully saturated rings. The summed E-state index contributed by atoms with van der Waals surface area (Å²) in [6.07, 6.45) is 2.96. The second kappa shape index (κ2) is 10.5. The molecule has 0 spiro atoms. The van der Waals surface area contributed by atoms with Gasteiger partial charge in [0.15, 0.2) is 0 Å². The fourth-order valence-electron chi connectivity index (χ4n) is 3.66. The van der Waals surface area contributed by atoms with Crippen molar-refractivity contribution in [2.45, 2.75) is 38.1 Å². The van der Waals surface area contributed by atoms with E-state index in [1.54, 1.807) is 16.7 Å². The second-order valence-electron chi connectivity index (χ2n) is 7.69. The Labute approximate surface area is 193 Å². The second-order valence-corrected chi connectivity index (χ2v) is 8.57. The van der Waals surface area contributed by atoms with E-state index in [0.29, 0.717) is 24.9 Å². The minimum Gasteiger partial charge on any atom is -0.469 e. The number of hydrogen-bond donors (Lipinski definition) is 0. The predicted molar refractivity (Wildman–Crippen MR) is 127 cm³/mol. The van der Waals surface area contributed by atoms with Gasteiger partial charge in [-0.2, -0.15) is 5.10 Å². The van der Waals surface area contributed by atoms with E-state index in [9.17, 15) is 9.59 Å². The Bertz CT molecular complexity index is 1090. The maximum Gasteiger partial charge on any atom is 0.305 e. The van der Waals surface area contributed by atoms with Gasteiger partial charge in [0.1, 0.15) is 0 Å². The minimum absolute atomic E-state index is 0.0300. The highest BCUT2D eigenvalue weighted by atomic mass is 32.2. The summed E-state index contributed by atoms with van der Waals surface area (Å²) in [6, 6.07) is 15.7. The summed E-state index contributed by atoms with van der Waals surface area (Å²) >= 11 is 1.70. The van der Waals surface area contributed by atoms with Crippen molar-refractivity contribution in [2.24, 2.45) is 0 Å². The molecule has 0 aliphatic rings. The molecule has 3 rings (SSSR count). The number of esters is 1. The van der Waals surface area contributed by atoms with E-state index in [1.165, 1.54) is 12.0 Å². The molecule has 0 atom stereocenters. The van der Waals surface area contributed by atoms with E-state index in [-0.39, 0.29) is 11.9 Å². The highest BCUT2D eigenvalue weighted by Crippen LogP contribution is 2.21. The van der Waals surface area contributed by atoms with Crippen molar-refractivity contribution in [1.29, 1.82) is 0 Å². The summed E-state index contributed by atoms with van der Waals surface area (Å²) in [7, 11) is 3.21. The SMILES string of the molecule is COC(=O)CCc1c(C)nn(-c2ccc(C(=O)N(C)Cc3ccc(SC)cc3)cc2)c1C. The van der Waals surface area contributed by atoms with Crippen molar-refractivity contribution in [3.05, 3.63) is 76.6 Å². The average Bonchev–Trinajstić information content (AvgIpc) is 3.10. The van der Waals surface area contributed by atoms with E-state index >= 15 is 0 Å². The largest absolute Gasteiger partial charge is 0.469 e. The zero-order valence-electron chi connectivity index (χ0n) is 19.2. The van der Waals surface area contributed by atoms with Crippen LogP contribution >= 0.6 is 11.8 Å². The zero-order chi connectivity index (χ0) is 23.3. The number of aryl methyl sites for hydroxylation is 1. The van der Waals surface area contributed by atoms with Crippen LogP contribution in [0.2, 0.25) is 0 Å². The third-order valence-electron chi connectivity index (χ3n) is 5.53. The third-order valence-corrected chi connectivity index (χ3v) is 6.28. The molecule has 0 N–H and O–H groups in total. The van der Waals surface area contributed by atoms with Crippen LogP contribution in [-0.2, 0) is 22.5 Å². The first-order chi connectivity index (χ1) is 15.3. The molecule has 0 unspecified atom stereocenters. The van der Waals surface area contributed by atoms with Crippen LogP contribution in [-0.4, -0.2) is 47.0 Å². The van der Waals surface area contributed by atoms with Gasteiger partial charge in [-0.3, -0.25) is 9.59 Å². The van der Waals surface area contributed by atoms with Crippen LogP contribution < -0.4 is 0 Å². The van der Waals surface area contributed by atoms with Gasteiger partial charge in [-0.05, 0) is 74.0 Å². The van der Waals surface area contributed by atoms with Crippen LogP contribution in [0.3, 0.4) is 0 Å². The summed E-state index contributed by atoms with van der Waals surface area (Å²) < 4.78 is 6.60. The standard InChI is InChI=1S/C25H29N3O3S/c1-17-23(14-15-24(29)31-4)18(2)28(26-17)21-10-8-20(9-11-21)25(30)27(3)16-19-6-12-22(32-5)13-7-19/h6-13H,14-16H2,1-5H3. The number of aromatic nitrogens is 2. The molecule has 1 heterocycles. The molecule has 0 radical (unpaired) electrons. The lowest BCUT2D eigenvalue weighted by Crippen LogP contribution is -2.26. The molecule has 32 heavy (non-hydrogen) atoms. The summed E-state index contributed by atoms with van der Waals surface area (Å²) in [5, 5.41) is 4.63. The van der Waals surface area contributed by atoms with Crippen molar-refractivity contribution in [3.63, 3.8) is 0 Å².